The zero-order chi connectivity index (χ0) is 26.2. The Morgan fingerprint density at radius 3 is 2.39 bits per heavy atom. The number of anilines is 1. The molecule has 2 aromatic carbocycles. The number of piperazine rings is 1. The van der Waals surface area contributed by atoms with Crippen LogP contribution in [0.4, 0.5) is 10.1 Å². The van der Waals surface area contributed by atoms with Crippen LogP contribution in [0.1, 0.15) is 30.4 Å². The Bertz CT molecular complexity index is 1150. The number of hydrogen-bond donors (Lipinski definition) is 1. The molecule has 200 valence electrons. The lowest BCUT2D eigenvalue weighted by molar-refractivity contribution is -0.121. The fourth-order valence-electron chi connectivity index (χ4n) is 5.95. The molecule has 2 aliphatic rings. The van der Waals surface area contributed by atoms with Gasteiger partial charge in [0.05, 0.1) is 5.69 Å². The number of likely N-dealkylation sites (tertiary alicyclic amines) is 1. The lowest BCUT2D eigenvalue weighted by Crippen LogP contribution is -2.56. The third kappa shape index (κ3) is 6.97. The molecule has 0 aliphatic carbocycles. The van der Waals surface area contributed by atoms with Crippen molar-refractivity contribution in [3.05, 3.63) is 96.1 Å². The van der Waals surface area contributed by atoms with E-state index in [9.17, 15) is 9.18 Å². The molecule has 3 heterocycles. The summed E-state index contributed by atoms with van der Waals surface area (Å²) >= 11 is 0. The minimum absolute atomic E-state index is 0.102. The standard InChI is InChI=1S/C31H38FN5O/c32-28-8-4-5-9-30(28)37-20-18-36(19-21-37)29-14-17-35(23-26-6-2-1-3-7-26)24-27(29)10-11-31(38)34-22-25-12-15-33-16-13-25/h1-9,12-13,15-16,27,29H,10-11,14,17-24H2,(H,34,38)/t27-,29+/m1/s1. The van der Waals surface area contributed by atoms with Crippen molar-refractivity contribution in [1.29, 1.82) is 0 Å². The first kappa shape index (κ1) is 26.3. The summed E-state index contributed by atoms with van der Waals surface area (Å²) in [5.41, 5.74) is 3.09. The Morgan fingerprint density at radius 2 is 1.63 bits per heavy atom. The largest absolute Gasteiger partial charge is 0.367 e. The van der Waals surface area contributed by atoms with Crippen LogP contribution in [0.15, 0.2) is 79.1 Å². The first-order valence-corrected chi connectivity index (χ1v) is 13.8. The molecule has 1 aromatic heterocycles. The summed E-state index contributed by atoms with van der Waals surface area (Å²) < 4.78 is 14.4. The Kier molecular flexibility index (Phi) is 8.99. The Morgan fingerprint density at radius 1 is 0.895 bits per heavy atom. The van der Waals surface area contributed by atoms with Gasteiger partial charge in [-0.05, 0) is 60.7 Å². The molecule has 1 N–H and O–H groups in total. The Hall–Kier alpha value is -3.29. The van der Waals surface area contributed by atoms with E-state index in [-0.39, 0.29) is 11.7 Å². The van der Waals surface area contributed by atoms with Crippen LogP contribution < -0.4 is 10.2 Å². The highest BCUT2D eigenvalue weighted by Gasteiger charge is 2.35. The van der Waals surface area contributed by atoms with Gasteiger partial charge in [0.25, 0.3) is 0 Å². The molecule has 0 saturated carbocycles. The predicted octanol–water partition coefficient (Wildman–Crippen LogP) is 4.33. The maximum atomic E-state index is 14.4. The molecule has 5 rings (SSSR count). The lowest BCUT2D eigenvalue weighted by Gasteiger charge is -2.47. The molecular weight excluding hydrogens is 477 g/mol. The highest BCUT2D eigenvalue weighted by Crippen LogP contribution is 2.29. The van der Waals surface area contributed by atoms with Crippen LogP contribution in [-0.2, 0) is 17.9 Å². The summed E-state index contributed by atoms with van der Waals surface area (Å²) in [5.74, 6) is 0.370. The Balaban J connectivity index is 1.19. The van der Waals surface area contributed by atoms with E-state index in [2.05, 4.69) is 55.3 Å². The number of pyridine rings is 1. The van der Waals surface area contributed by atoms with Crippen molar-refractivity contribution in [2.24, 2.45) is 5.92 Å². The summed E-state index contributed by atoms with van der Waals surface area (Å²) in [6, 6.07) is 22.0. The van der Waals surface area contributed by atoms with E-state index in [4.69, 9.17) is 0 Å². The van der Waals surface area contributed by atoms with E-state index in [1.807, 2.05) is 24.3 Å². The second kappa shape index (κ2) is 13.0. The van der Waals surface area contributed by atoms with Gasteiger partial charge < -0.3 is 10.2 Å². The number of rotatable bonds is 9. The SMILES string of the molecule is O=C(CC[C@@H]1CN(Cc2ccccc2)CC[C@@H]1N1CCN(c2ccccc2F)CC1)NCc1ccncc1. The zero-order valence-electron chi connectivity index (χ0n) is 22.0. The molecule has 2 atom stereocenters. The first-order valence-electron chi connectivity index (χ1n) is 13.8. The molecule has 0 radical (unpaired) electrons. The minimum Gasteiger partial charge on any atom is -0.367 e. The van der Waals surface area contributed by atoms with Gasteiger partial charge in [-0.3, -0.25) is 19.6 Å². The number of carbonyl (C=O) groups is 1. The second-order valence-corrected chi connectivity index (χ2v) is 10.5. The van der Waals surface area contributed by atoms with E-state index >= 15 is 0 Å². The van der Waals surface area contributed by atoms with Crippen molar-refractivity contribution in [1.82, 2.24) is 20.1 Å². The third-order valence-corrected chi connectivity index (χ3v) is 7.98. The lowest BCUT2D eigenvalue weighted by atomic mass is 9.86. The smallest absolute Gasteiger partial charge is 0.220 e. The van der Waals surface area contributed by atoms with Crippen LogP contribution >= 0.6 is 0 Å². The van der Waals surface area contributed by atoms with E-state index in [1.54, 1.807) is 24.5 Å². The molecule has 6 nitrogen and oxygen atoms in total. The second-order valence-electron chi connectivity index (χ2n) is 10.5. The molecule has 0 spiro atoms. The molecule has 3 aromatic rings. The molecule has 1 amide bonds. The zero-order valence-corrected chi connectivity index (χ0v) is 22.0. The predicted molar refractivity (Wildman–Crippen MR) is 149 cm³/mol. The summed E-state index contributed by atoms with van der Waals surface area (Å²) in [4.78, 5) is 24.1. The van der Waals surface area contributed by atoms with E-state index in [0.717, 1.165) is 64.2 Å². The van der Waals surface area contributed by atoms with Crippen LogP contribution in [0.3, 0.4) is 0 Å². The van der Waals surface area contributed by atoms with Gasteiger partial charge in [0.1, 0.15) is 5.82 Å². The normalized spacial score (nSPS) is 20.8. The van der Waals surface area contributed by atoms with Crippen LogP contribution in [0.5, 0.6) is 0 Å². The molecule has 0 unspecified atom stereocenters. The number of nitrogens with zero attached hydrogens (tertiary/aromatic N) is 4. The molecule has 2 aliphatic heterocycles. The number of halogens is 1. The van der Waals surface area contributed by atoms with E-state index < -0.39 is 0 Å². The summed E-state index contributed by atoms with van der Waals surface area (Å²) in [7, 11) is 0. The van der Waals surface area contributed by atoms with Crippen LogP contribution in [0.25, 0.3) is 0 Å². The first-order chi connectivity index (χ1) is 18.7. The number of benzene rings is 2. The van der Waals surface area contributed by atoms with Crippen molar-refractivity contribution in [3.8, 4) is 0 Å². The maximum Gasteiger partial charge on any atom is 0.220 e. The topological polar surface area (TPSA) is 51.7 Å². The average molecular weight is 516 g/mol. The number of carbonyl (C=O) groups excluding carboxylic acids is 1. The summed E-state index contributed by atoms with van der Waals surface area (Å²) in [5, 5.41) is 3.08. The van der Waals surface area contributed by atoms with Crippen molar-refractivity contribution >= 4 is 11.6 Å². The molecule has 0 bridgehead atoms. The number of hydrogen-bond acceptors (Lipinski definition) is 5. The molecule has 2 fully saturated rings. The summed E-state index contributed by atoms with van der Waals surface area (Å²) in [6.45, 7) is 7.01. The maximum absolute atomic E-state index is 14.4. The minimum atomic E-state index is -0.147. The van der Waals surface area contributed by atoms with Crippen molar-refractivity contribution in [3.63, 3.8) is 0 Å². The van der Waals surface area contributed by atoms with E-state index in [1.165, 1.54) is 5.56 Å². The number of para-hydroxylation sites is 1. The van der Waals surface area contributed by atoms with Crippen molar-refractivity contribution in [2.75, 3.05) is 44.2 Å². The van der Waals surface area contributed by atoms with Gasteiger partial charge in [0, 0.05) is 70.7 Å². The van der Waals surface area contributed by atoms with Gasteiger partial charge in [-0.15, -0.1) is 0 Å². The van der Waals surface area contributed by atoms with Crippen LogP contribution in [0, 0.1) is 11.7 Å². The molecular formula is C31H38FN5O. The highest BCUT2D eigenvalue weighted by molar-refractivity contribution is 5.75. The number of nitrogens with one attached hydrogen (secondary N) is 1. The molecule has 2 saturated heterocycles. The van der Waals surface area contributed by atoms with E-state index in [0.29, 0.717) is 30.6 Å². The summed E-state index contributed by atoms with van der Waals surface area (Å²) in [6.07, 6.45) is 5.99. The number of piperidine rings is 1. The number of aromatic nitrogens is 1. The molecule has 38 heavy (non-hydrogen) atoms. The Labute approximate surface area is 225 Å². The highest BCUT2D eigenvalue weighted by atomic mass is 19.1. The van der Waals surface area contributed by atoms with Crippen LogP contribution in [0.2, 0.25) is 0 Å². The van der Waals surface area contributed by atoms with Gasteiger partial charge in [0.15, 0.2) is 0 Å². The quantitative estimate of drug-likeness (QED) is 0.460. The fourth-order valence-corrected chi connectivity index (χ4v) is 5.95. The van der Waals surface area contributed by atoms with Crippen molar-refractivity contribution < 1.29 is 9.18 Å². The van der Waals surface area contributed by atoms with Gasteiger partial charge in [-0.25, -0.2) is 4.39 Å². The fraction of sp³-hybridized carbons (Fsp3) is 0.419. The molecule has 7 heteroatoms. The van der Waals surface area contributed by atoms with Gasteiger partial charge in [-0.2, -0.15) is 0 Å². The van der Waals surface area contributed by atoms with Gasteiger partial charge >= 0.3 is 0 Å². The number of amides is 1. The van der Waals surface area contributed by atoms with Crippen molar-refractivity contribution in [2.45, 2.75) is 38.4 Å². The third-order valence-electron chi connectivity index (χ3n) is 7.98. The van der Waals surface area contributed by atoms with Gasteiger partial charge in [0.2, 0.25) is 5.91 Å². The monoisotopic (exact) mass is 515 g/mol. The van der Waals surface area contributed by atoms with Crippen LogP contribution in [-0.4, -0.2) is 66.0 Å². The average Bonchev–Trinajstić information content (AvgIpc) is 2.97. The van der Waals surface area contributed by atoms with Gasteiger partial charge in [-0.1, -0.05) is 42.5 Å².